The second-order valence-electron chi connectivity index (χ2n) is 8.41. The van der Waals surface area contributed by atoms with Crippen LogP contribution in [0, 0.1) is 0 Å². The third-order valence-corrected chi connectivity index (χ3v) is 8.06. The van der Waals surface area contributed by atoms with Crippen molar-refractivity contribution in [2.24, 2.45) is 0 Å². The normalized spacial score (nSPS) is 17.3. The summed E-state index contributed by atoms with van der Waals surface area (Å²) in [5.41, 5.74) is 4.18. The topological polar surface area (TPSA) is 81.1 Å². The van der Waals surface area contributed by atoms with Gasteiger partial charge in [0.25, 0.3) is 5.56 Å². The molecule has 0 bridgehead atoms. The minimum atomic E-state index is -3.61. The van der Waals surface area contributed by atoms with Crippen LogP contribution in [0.3, 0.4) is 0 Å². The Kier molecular flexibility index (Phi) is 6.11. The Balaban J connectivity index is 1.83. The van der Waals surface area contributed by atoms with Gasteiger partial charge in [-0.25, -0.2) is 17.8 Å². The number of nitrogens with one attached hydrogen (secondary N) is 1. The molecule has 2 aromatic rings. The van der Waals surface area contributed by atoms with Gasteiger partial charge in [0.15, 0.2) is 0 Å². The van der Waals surface area contributed by atoms with Crippen LogP contribution in [-0.4, -0.2) is 24.2 Å². The average Bonchev–Trinajstić information content (AvgIpc) is 3.26. The standard InChI is InChI=1S/C23H31N3O3S/c1-3-16-13-14-17(15-21(16)30(28,29)25-18-9-5-6-10-18)22-19-11-7-8-12-20(19)23(27)26(4-2)24-22/h13-15,18,25H,3-12H2,1-2H3. The molecule has 1 saturated carbocycles. The van der Waals surface area contributed by atoms with Crippen LogP contribution in [-0.2, 0) is 35.8 Å². The number of sulfonamides is 1. The van der Waals surface area contributed by atoms with Crippen LogP contribution in [0.4, 0.5) is 0 Å². The predicted octanol–water partition coefficient (Wildman–Crippen LogP) is 3.59. The molecule has 162 valence electrons. The molecule has 0 amide bonds. The van der Waals surface area contributed by atoms with Crippen molar-refractivity contribution in [1.29, 1.82) is 0 Å². The van der Waals surface area contributed by atoms with Crippen LogP contribution in [0.2, 0.25) is 0 Å². The zero-order valence-electron chi connectivity index (χ0n) is 17.9. The number of hydrogen-bond donors (Lipinski definition) is 1. The van der Waals surface area contributed by atoms with Crippen molar-refractivity contribution in [3.63, 3.8) is 0 Å². The highest BCUT2D eigenvalue weighted by Gasteiger charge is 2.26. The molecule has 7 heteroatoms. The molecule has 1 fully saturated rings. The summed E-state index contributed by atoms with van der Waals surface area (Å²) in [5.74, 6) is 0. The van der Waals surface area contributed by atoms with E-state index < -0.39 is 10.0 Å². The molecule has 0 radical (unpaired) electrons. The largest absolute Gasteiger partial charge is 0.270 e. The van der Waals surface area contributed by atoms with Gasteiger partial charge in [-0.15, -0.1) is 0 Å². The number of rotatable bonds is 6. The quantitative estimate of drug-likeness (QED) is 0.761. The van der Waals surface area contributed by atoms with Crippen LogP contribution < -0.4 is 10.3 Å². The molecule has 30 heavy (non-hydrogen) atoms. The summed E-state index contributed by atoms with van der Waals surface area (Å²) in [6.07, 6.45) is 8.20. The fourth-order valence-electron chi connectivity index (χ4n) is 4.80. The molecule has 1 N–H and O–H groups in total. The Morgan fingerprint density at radius 1 is 1.07 bits per heavy atom. The Bertz CT molecular complexity index is 1100. The van der Waals surface area contributed by atoms with Crippen molar-refractivity contribution >= 4 is 10.0 Å². The number of fused-ring (bicyclic) bond motifs is 1. The third-order valence-electron chi connectivity index (χ3n) is 6.45. The number of aryl methyl sites for hydroxylation is 2. The summed E-state index contributed by atoms with van der Waals surface area (Å²) in [7, 11) is -3.61. The van der Waals surface area contributed by atoms with Gasteiger partial charge in [-0.05, 0) is 69.1 Å². The van der Waals surface area contributed by atoms with E-state index in [-0.39, 0.29) is 11.6 Å². The SMILES string of the molecule is CCc1ccc(-c2nn(CC)c(=O)c3c2CCCC3)cc1S(=O)(=O)NC1CCCC1. The average molecular weight is 430 g/mol. The maximum atomic E-state index is 13.2. The minimum Gasteiger partial charge on any atom is -0.267 e. The highest BCUT2D eigenvalue weighted by Crippen LogP contribution is 2.31. The van der Waals surface area contributed by atoms with E-state index in [9.17, 15) is 13.2 Å². The van der Waals surface area contributed by atoms with E-state index in [0.29, 0.717) is 17.9 Å². The second-order valence-corrected chi connectivity index (χ2v) is 10.1. The van der Waals surface area contributed by atoms with Gasteiger partial charge in [-0.3, -0.25) is 4.79 Å². The smallest absolute Gasteiger partial charge is 0.267 e. The molecule has 0 saturated heterocycles. The fourth-order valence-corrected chi connectivity index (χ4v) is 6.44. The Hall–Kier alpha value is -1.99. The molecular weight excluding hydrogens is 398 g/mol. The van der Waals surface area contributed by atoms with Crippen molar-refractivity contribution in [2.75, 3.05) is 0 Å². The maximum absolute atomic E-state index is 13.2. The van der Waals surface area contributed by atoms with Gasteiger partial charge in [0.2, 0.25) is 10.0 Å². The van der Waals surface area contributed by atoms with Crippen molar-refractivity contribution in [3.8, 4) is 11.3 Å². The lowest BCUT2D eigenvalue weighted by Crippen LogP contribution is -2.33. The number of nitrogens with zero attached hydrogens (tertiary/aromatic N) is 2. The lowest BCUT2D eigenvalue weighted by Gasteiger charge is -2.21. The van der Waals surface area contributed by atoms with Crippen LogP contribution >= 0.6 is 0 Å². The lowest BCUT2D eigenvalue weighted by atomic mass is 9.89. The van der Waals surface area contributed by atoms with Gasteiger partial charge >= 0.3 is 0 Å². The van der Waals surface area contributed by atoms with E-state index >= 15 is 0 Å². The molecule has 2 aliphatic carbocycles. The molecular formula is C23H31N3O3S. The predicted molar refractivity (Wildman–Crippen MR) is 118 cm³/mol. The highest BCUT2D eigenvalue weighted by molar-refractivity contribution is 7.89. The summed E-state index contributed by atoms with van der Waals surface area (Å²) in [6, 6.07) is 5.64. The first-order valence-corrected chi connectivity index (χ1v) is 12.7. The fraction of sp³-hybridized carbons (Fsp3) is 0.565. The third kappa shape index (κ3) is 3.97. The van der Waals surface area contributed by atoms with Gasteiger partial charge in [0.1, 0.15) is 0 Å². The highest BCUT2D eigenvalue weighted by atomic mass is 32.2. The zero-order chi connectivity index (χ0) is 21.3. The van der Waals surface area contributed by atoms with Crippen LogP contribution in [0.25, 0.3) is 11.3 Å². The van der Waals surface area contributed by atoms with Crippen LogP contribution in [0.1, 0.15) is 69.1 Å². The van der Waals surface area contributed by atoms with Crippen molar-refractivity contribution in [3.05, 3.63) is 45.2 Å². The molecule has 1 aromatic carbocycles. The van der Waals surface area contributed by atoms with E-state index in [1.165, 1.54) is 4.68 Å². The maximum Gasteiger partial charge on any atom is 0.270 e. The van der Waals surface area contributed by atoms with Gasteiger partial charge in [0.05, 0.1) is 10.6 Å². The monoisotopic (exact) mass is 429 g/mol. The van der Waals surface area contributed by atoms with Crippen LogP contribution in [0.15, 0.2) is 27.9 Å². The first-order valence-electron chi connectivity index (χ1n) is 11.2. The summed E-state index contributed by atoms with van der Waals surface area (Å²) in [4.78, 5) is 13.1. The first kappa shape index (κ1) is 21.2. The van der Waals surface area contributed by atoms with E-state index in [1.807, 2.05) is 26.0 Å². The van der Waals surface area contributed by atoms with Crippen molar-refractivity contribution in [1.82, 2.24) is 14.5 Å². The first-order chi connectivity index (χ1) is 14.4. The Labute approximate surface area is 178 Å². The van der Waals surface area contributed by atoms with Crippen molar-refractivity contribution < 1.29 is 8.42 Å². The van der Waals surface area contributed by atoms with Gasteiger partial charge in [-0.2, -0.15) is 5.10 Å². The summed E-state index contributed by atoms with van der Waals surface area (Å²) < 4.78 is 30.9. The van der Waals surface area contributed by atoms with Gasteiger partial charge < -0.3 is 0 Å². The molecule has 0 aliphatic heterocycles. The van der Waals surface area contributed by atoms with E-state index in [1.54, 1.807) is 6.07 Å². The Morgan fingerprint density at radius 3 is 2.43 bits per heavy atom. The lowest BCUT2D eigenvalue weighted by molar-refractivity contribution is 0.551. The molecule has 0 unspecified atom stereocenters. The summed E-state index contributed by atoms with van der Waals surface area (Å²) >= 11 is 0. The molecule has 1 heterocycles. The van der Waals surface area contributed by atoms with Crippen LogP contribution in [0.5, 0.6) is 0 Å². The molecule has 6 nitrogen and oxygen atoms in total. The molecule has 4 rings (SSSR count). The van der Waals surface area contributed by atoms with Gasteiger partial charge in [-0.1, -0.05) is 31.9 Å². The Morgan fingerprint density at radius 2 is 1.77 bits per heavy atom. The number of benzene rings is 1. The van der Waals surface area contributed by atoms with E-state index in [0.717, 1.165) is 79.3 Å². The molecule has 1 aromatic heterocycles. The molecule has 2 aliphatic rings. The molecule has 0 atom stereocenters. The van der Waals surface area contributed by atoms with E-state index in [2.05, 4.69) is 9.82 Å². The summed E-state index contributed by atoms with van der Waals surface area (Å²) in [6.45, 7) is 4.39. The zero-order valence-corrected chi connectivity index (χ0v) is 18.7. The minimum absolute atomic E-state index is 0.00289. The van der Waals surface area contributed by atoms with Crippen molar-refractivity contribution in [2.45, 2.75) is 89.1 Å². The summed E-state index contributed by atoms with van der Waals surface area (Å²) in [5, 5.41) is 4.65. The second kappa shape index (κ2) is 8.63. The van der Waals surface area contributed by atoms with E-state index in [4.69, 9.17) is 0 Å². The van der Waals surface area contributed by atoms with Gasteiger partial charge in [0, 0.05) is 23.7 Å². The number of hydrogen-bond acceptors (Lipinski definition) is 4. The molecule has 0 spiro atoms. The number of aromatic nitrogens is 2.